The lowest BCUT2D eigenvalue weighted by molar-refractivity contribution is -0.113. The Labute approximate surface area is 184 Å². The Kier molecular flexibility index (Phi) is 5.34. The number of para-hydroxylation sites is 1. The summed E-state index contributed by atoms with van der Waals surface area (Å²) in [7, 11) is 0. The lowest BCUT2D eigenvalue weighted by Gasteiger charge is -2.17. The van der Waals surface area contributed by atoms with Gasteiger partial charge in [0.15, 0.2) is 4.32 Å². The lowest BCUT2D eigenvalue weighted by Crippen LogP contribution is -2.28. The van der Waals surface area contributed by atoms with Crippen molar-refractivity contribution in [1.82, 2.24) is 9.78 Å². The SMILES string of the molecule is Cc1ccc(N2C(=O)/C(=C/c3c(C)nn(-c4ccccc4)c3Cl)SC2=S)c(C)c1. The van der Waals surface area contributed by atoms with Gasteiger partial charge in [0.05, 0.1) is 22.0 Å². The number of benzene rings is 2. The lowest BCUT2D eigenvalue weighted by atomic mass is 10.1. The number of hydrogen-bond acceptors (Lipinski definition) is 4. The van der Waals surface area contributed by atoms with Gasteiger partial charge in [0.25, 0.3) is 5.91 Å². The number of amides is 1. The molecular formula is C22H18ClN3OS2. The highest BCUT2D eigenvalue weighted by Gasteiger charge is 2.34. The molecule has 1 amide bonds. The van der Waals surface area contributed by atoms with E-state index in [1.165, 1.54) is 11.8 Å². The van der Waals surface area contributed by atoms with Crippen LogP contribution in [0.15, 0.2) is 53.4 Å². The van der Waals surface area contributed by atoms with Gasteiger partial charge in [0.1, 0.15) is 5.15 Å². The number of hydrogen-bond donors (Lipinski definition) is 0. The third kappa shape index (κ3) is 3.64. The normalized spacial score (nSPS) is 15.6. The minimum absolute atomic E-state index is 0.144. The maximum absolute atomic E-state index is 13.1. The zero-order valence-corrected chi connectivity index (χ0v) is 18.5. The fraction of sp³-hybridized carbons (Fsp3) is 0.136. The second kappa shape index (κ2) is 7.78. The molecule has 1 fully saturated rings. The number of thioether (sulfide) groups is 1. The van der Waals surface area contributed by atoms with Crippen LogP contribution in [0, 0.1) is 20.8 Å². The number of aromatic nitrogens is 2. The van der Waals surface area contributed by atoms with Crippen molar-refractivity contribution in [2.24, 2.45) is 0 Å². The fourth-order valence-corrected chi connectivity index (χ4v) is 4.87. The van der Waals surface area contributed by atoms with Crippen LogP contribution in [0.2, 0.25) is 5.15 Å². The molecular weight excluding hydrogens is 422 g/mol. The fourth-order valence-electron chi connectivity index (χ4n) is 3.28. The van der Waals surface area contributed by atoms with E-state index in [-0.39, 0.29) is 5.91 Å². The van der Waals surface area contributed by atoms with Crippen molar-refractivity contribution >= 4 is 57.6 Å². The zero-order chi connectivity index (χ0) is 20.7. The number of carbonyl (C=O) groups is 1. The van der Waals surface area contributed by atoms with E-state index < -0.39 is 0 Å². The third-order valence-electron chi connectivity index (χ3n) is 4.71. The summed E-state index contributed by atoms with van der Waals surface area (Å²) in [6, 6.07) is 15.6. The minimum atomic E-state index is -0.144. The van der Waals surface area contributed by atoms with Gasteiger partial charge in [-0.3, -0.25) is 9.69 Å². The number of thiocarbonyl (C=S) groups is 1. The van der Waals surface area contributed by atoms with Crippen molar-refractivity contribution in [1.29, 1.82) is 0 Å². The molecule has 3 aromatic rings. The number of nitrogens with zero attached hydrogens (tertiary/aromatic N) is 3. The predicted octanol–water partition coefficient (Wildman–Crippen LogP) is 5.86. The Morgan fingerprint density at radius 1 is 1.10 bits per heavy atom. The Morgan fingerprint density at radius 2 is 1.83 bits per heavy atom. The van der Waals surface area contributed by atoms with Crippen LogP contribution in [0.25, 0.3) is 11.8 Å². The van der Waals surface area contributed by atoms with E-state index >= 15 is 0 Å². The molecule has 4 nitrogen and oxygen atoms in total. The van der Waals surface area contributed by atoms with Crippen LogP contribution in [0.1, 0.15) is 22.4 Å². The van der Waals surface area contributed by atoms with Gasteiger partial charge >= 0.3 is 0 Å². The summed E-state index contributed by atoms with van der Waals surface area (Å²) in [6.45, 7) is 5.88. The molecule has 29 heavy (non-hydrogen) atoms. The summed E-state index contributed by atoms with van der Waals surface area (Å²) >= 11 is 13.4. The number of rotatable bonds is 3. The summed E-state index contributed by atoms with van der Waals surface area (Å²) < 4.78 is 2.19. The summed E-state index contributed by atoms with van der Waals surface area (Å²) in [6.07, 6.45) is 1.78. The van der Waals surface area contributed by atoms with Crippen molar-refractivity contribution in [3.05, 3.63) is 81.0 Å². The number of aryl methyl sites for hydroxylation is 3. The molecule has 1 saturated heterocycles. The van der Waals surface area contributed by atoms with Gasteiger partial charge in [0, 0.05) is 5.56 Å². The van der Waals surface area contributed by atoms with E-state index in [4.69, 9.17) is 23.8 Å². The second-order valence-electron chi connectivity index (χ2n) is 6.84. The molecule has 0 radical (unpaired) electrons. The first-order valence-corrected chi connectivity index (χ1v) is 10.6. The average molecular weight is 440 g/mol. The maximum atomic E-state index is 13.1. The van der Waals surface area contributed by atoms with Gasteiger partial charge in [-0.1, -0.05) is 71.5 Å². The van der Waals surface area contributed by atoms with Crippen LogP contribution in [-0.2, 0) is 4.79 Å². The molecule has 4 rings (SSSR count). The van der Waals surface area contributed by atoms with E-state index in [1.54, 1.807) is 15.7 Å². The molecule has 1 aromatic heterocycles. The van der Waals surface area contributed by atoms with E-state index in [0.29, 0.717) is 14.4 Å². The van der Waals surface area contributed by atoms with Gasteiger partial charge in [-0.25, -0.2) is 4.68 Å². The summed E-state index contributed by atoms with van der Waals surface area (Å²) in [5, 5.41) is 5.00. The number of anilines is 1. The summed E-state index contributed by atoms with van der Waals surface area (Å²) in [4.78, 5) is 15.3. The molecule has 7 heteroatoms. The molecule has 0 atom stereocenters. The topological polar surface area (TPSA) is 38.1 Å². The standard InChI is InChI=1S/C22H18ClN3OS2/c1-13-9-10-18(14(2)11-13)25-21(27)19(29-22(25)28)12-17-15(3)24-26(20(17)23)16-7-5-4-6-8-16/h4-12H,1-3H3/b19-12-. The molecule has 1 aliphatic rings. The Hall–Kier alpha value is -2.41. The monoisotopic (exact) mass is 439 g/mol. The smallest absolute Gasteiger partial charge is 0.268 e. The second-order valence-corrected chi connectivity index (χ2v) is 8.88. The van der Waals surface area contributed by atoms with Crippen LogP contribution >= 0.6 is 35.6 Å². The zero-order valence-electron chi connectivity index (χ0n) is 16.1. The molecule has 0 aliphatic carbocycles. The molecule has 0 saturated carbocycles. The molecule has 0 bridgehead atoms. The summed E-state index contributed by atoms with van der Waals surface area (Å²) in [5.74, 6) is -0.144. The highest BCUT2D eigenvalue weighted by atomic mass is 35.5. The summed E-state index contributed by atoms with van der Waals surface area (Å²) in [5.41, 5.74) is 5.29. The van der Waals surface area contributed by atoms with Crippen LogP contribution in [0.3, 0.4) is 0 Å². The van der Waals surface area contributed by atoms with Crippen LogP contribution in [-0.4, -0.2) is 20.0 Å². The highest BCUT2D eigenvalue weighted by Crippen LogP contribution is 2.38. The van der Waals surface area contributed by atoms with Crippen molar-refractivity contribution < 1.29 is 4.79 Å². The molecule has 0 N–H and O–H groups in total. The van der Waals surface area contributed by atoms with Crippen molar-refractivity contribution in [3.8, 4) is 5.69 Å². The van der Waals surface area contributed by atoms with Crippen molar-refractivity contribution in [3.63, 3.8) is 0 Å². The molecule has 0 spiro atoms. The first-order chi connectivity index (χ1) is 13.9. The predicted molar refractivity (Wildman–Crippen MR) is 125 cm³/mol. The quantitative estimate of drug-likeness (QED) is 0.378. The van der Waals surface area contributed by atoms with Crippen molar-refractivity contribution in [2.75, 3.05) is 4.90 Å². The molecule has 146 valence electrons. The molecule has 0 unspecified atom stereocenters. The first-order valence-electron chi connectivity index (χ1n) is 9.02. The largest absolute Gasteiger partial charge is 0.270 e. The van der Waals surface area contributed by atoms with E-state index in [2.05, 4.69) is 5.10 Å². The van der Waals surface area contributed by atoms with Crippen LogP contribution in [0.4, 0.5) is 5.69 Å². The van der Waals surface area contributed by atoms with Gasteiger partial charge in [0.2, 0.25) is 0 Å². The van der Waals surface area contributed by atoms with Gasteiger partial charge in [-0.15, -0.1) is 0 Å². The first kappa shape index (κ1) is 19.9. The van der Waals surface area contributed by atoms with Gasteiger partial charge in [-0.05, 0) is 50.6 Å². The van der Waals surface area contributed by atoms with E-state index in [0.717, 1.165) is 33.8 Å². The number of halogens is 1. The van der Waals surface area contributed by atoms with E-state index in [9.17, 15) is 4.79 Å². The molecule has 2 aromatic carbocycles. The highest BCUT2D eigenvalue weighted by molar-refractivity contribution is 8.27. The van der Waals surface area contributed by atoms with E-state index in [1.807, 2.05) is 69.3 Å². The molecule has 2 heterocycles. The Bertz CT molecular complexity index is 1170. The van der Waals surface area contributed by atoms with Gasteiger partial charge < -0.3 is 0 Å². The van der Waals surface area contributed by atoms with Crippen molar-refractivity contribution in [2.45, 2.75) is 20.8 Å². The average Bonchev–Trinajstić information content (AvgIpc) is 3.13. The Morgan fingerprint density at radius 3 is 2.52 bits per heavy atom. The number of carbonyl (C=O) groups excluding carboxylic acids is 1. The third-order valence-corrected chi connectivity index (χ3v) is 6.38. The van der Waals surface area contributed by atoms with Crippen LogP contribution < -0.4 is 4.90 Å². The minimum Gasteiger partial charge on any atom is -0.268 e. The van der Waals surface area contributed by atoms with Crippen LogP contribution in [0.5, 0.6) is 0 Å². The molecule has 1 aliphatic heterocycles. The van der Waals surface area contributed by atoms with Gasteiger partial charge in [-0.2, -0.15) is 5.10 Å². The Balaban J connectivity index is 1.72. The maximum Gasteiger partial charge on any atom is 0.270 e.